The molecule has 1 aromatic rings. The first-order valence-corrected chi connectivity index (χ1v) is 11.0. The van der Waals surface area contributed by atoms with Gasteiger partial charge in [0.15, 0.2) is 17.6 Å². The maximum Gasteiger partial charge on any atom is 0.345 e. The van der Waals surface area contributed by atoms with E-state index in [0.29, 0.717) is 25.1 Å². The third kappa shape index (κ3) is 2.92. The zero-order valence-electron chi connectivity index (χ0n) is 18.5. The van der Waals surface area contributed by atoms with Crippen LogP contribution in [0, 0.1) is 0 Å². The molecule has 4 aliphatic rings. The Kier molecular flexibility index (Phi) is 4.77. The molecule has 2 bridgehead atoms. The summed E-state index contributed by atoms with van der Waals surface area (Å²) in [4.78, 5) is 26.3. The number of likely N-dealkylation sites (N-methyl/N-ethyl adjacent to an activating group) is 1. The molecule has 2 aliphatic heterocycles. The summed E-state index contributed by atoms with van der Waals surface area (Å²) in [6, 6.07) is 3.29. The van der Waals surface area contributed by atoms with Crippen molar-refractivity contribution in [1.82, 2.24) is 4.90 Å². The van der Waals surface area contributed by atoms with Crippen LogP contribution in [-0.4, -0.2) is 69.6 Å². The number of carbonyl (C=O) groups is 2. The molecule has 0 radical (unpaired) electrons. The predicted molar refractivity (Wildman–Crippen MR) is 115 cm³/mol. The number of carboxylic acid groups (broad SMARTS) is 1. The van der Waals surface area contributed by atoms with Gasteiger partial charge in [-0.25, -0.2) is 4.79 Å². The van der Waals surface area contributed by atoms with E-state index < -0.39 is 41.6 Å². The topological polar surface area (TPSA) is 126 Å². The molecule has 0 unspecified atom stereocenters. The number of phenolic OH excluding ortho intramolecular Hbond substituents is 1. The summed E-state index contributed by atoms with van der Waals surface area (Å²) >= 11 is 0. The summed E-state index contributed by atoms with van der Waals surface area (Å²) in [5, 5.41) is 31.9. The average Bonchev–Trinajstić information content (AvgIpc) is 3.09. The van der Waals surface area contributed by atoms with Crippen LogP contribution in [0.2, 0.25) is 0 Å². The number of benzene rings is 1. The van der Waals surface area contributed by atoms with E-state index in [2.05, 4.69) is 11.5 Å². The van der Waals surface area contributed by atoms with Crippen molar-refractivity contribution in [3.05, 3.63) is 47.4 Å². The molecule has 1 fully saturated rings. The van der Waals surface area contributed by atoms with Gasteiger partial charge in [-0.3, -0.25) is 4.79 Å². The van der Waals surface area contributed by atoms with Crippen molar-refractivity contribution in [1.29, 1.82) is 0 Å². The van der Waals surface area contributed by atoms with Gasteiger partial charge in [-0.2, -0.15) is 0 Å². The number of rotatable bonds is 6. The molecule has 3 N–H and O–H groups in total. The molecular formula is C24H27NO8. The minimum Gasteiger partial charge on any atom is -0.504 e. The highest BCUT2D eigenvalue weighted by atomic mass is 16.6. The van der Waals surface area contributed by atoms with Crippen molar-refractivity contribution in [3.8, 4) is 11.5 Å². The predicted octanol–water partition coefficient (Wildman–Crippen LogP) is 1.61. The fraction of sp³-hybridized carbons (Fsp3) is 0.500. The van der Waals surface area contributed by atoms with E-state index in [4.69, 9.17) is 14.2 Å². The van der Waals surface area contributed by atoms with Gasteiger partial charge in [-0.1, -0.05) is 12.6 Å². The van der Waals surface area contributed by atoms with Gasteiger partial charge in [0.05, 0.1) is 23.2 Å². The van der Waals surface area contributed by atoms with Crippen LogP contribution in [0.4, 0.5) is 0 Å². The highest BCUT2D eigenvalue weighted by Gasteiger charge is 2.72. The minimum atomic E-state index is -1.42. The van der Waals surface area contributed by atoms with Crippen LogP contribution >= 0.6 is 0 Å². The fourth-order valence-corrected chi connectivity index (χ4v) is 6.18. The number of hydrogen-bond acceptors (Lipinski definition) is 8. The van der Waals surface area contributed by atoms with Gasteiger partial charge in [-0.05, 0) is 51.1 Å². The number of piperidine rings is 1. The molecule has 0 aromatic heterocycles. The van der Waals surface area contributed by atoms with Gasteiger partial charge in [0.2, 0.25) is 6.10 Å². The molecule has 0 amide bonds. The summed E-state index contributed by atoms with van der Waals surface area (Å²) in [7, 11) is 1.99. The van der Waals surface area contributed by atoms with E-state index in [0.717, 1.165) is 11.1 Å². The number of likely N-dealkylation sites (tertiary alicyclic amines) is 1. The Morgan fingerprint density at radius 3 is 2.85 bits per heavy atom. The minimum absolute atomic E-state index is 0.0243. The van der Waals surface area contributed by atoms with Crippen LogP contribution < -0.4 is 4.74 Å². The van der Waals surface area contributed by atoms with Crippen LogP contribution in [0.5, 0.6) is 11.5 Å². The van der Waals surface area contributed by atoms with Gasteiger partial charge in [0.1, 0.15) is 5.76 Å². The zero-order valence-corrected chi connectivity index (χ0v) is 18.5. The highest BCUT2D eigenvalue weighted by Crippen LogP contribution is 2.65. The lowest BCUT2D eigenvalue weighted by Crippen LogP contribution is -2.74. The lowest BCUT2D eigenvalue weighted by Gasteiger charge is -2.61. The van der Waals surface area contributed by atoms with E-state index in [1.165, 1.54) is 6.92 Å². The number of phenols is 1. The number of hydrogen-bond donors (Lipinski definition) is 3. The van der Waals surface area contributed by atoms with Crippen molar-refractivity contribution in [2.24, 2.45) is 0 Å². The first-order chi connectivity index (χ1) is 15.6. The number of nitrogens with zero attached hydrogens (tertiary/aromatic N) is 1. The smallest absolute Gasteiger partial charge is 0.345 e. The second-order valence-electron chi connectivity index (χ2n) is 9.43. The summed E-state index contributed by atoms with van der Waals surface area (Å²) < 4.78 is 17.0. The first-order valence-electron chi connectivity index (χ1n) is 11.0. The molecule has 9 nitrogen and oxygen atoms in total. The van der Waals surface area contributed by atoms with Crippen molar-refractivity contribution < 1.29 is 39.1 Å². The number of carboxylic acids is 1. The highest BCUT2D eigenvalue weighted by molar-refractivity contribution is 5.81. The van der Waals surface area contributed by atoms with Gasteiger partial charge in [-0.15, -0.1) is 0 Å². The summed E-state index contributed by atoms with van der Waals surface area (Å²) in [5.41, 5.74) is -0.259. The maximum absolute atomic E-state index is 12.7. The molecule has 2 heterocycles. The number of aliphatic carboxylic acids is 1. The Labute approximate surface area is 190 Å². The number of carbonyl (C=O) groups excluding carboxylic acids is 1. The normalized spacial score (nSPS) is 32.2. The quantitative estimate of drug-likeness (QED) is 0.431. The van der Waals surface area contributed by atoms with Crippen LogP contribution in [0.15, 0.2) is 36.3 Å². The van der Waals surface area contributed by atoms with Crippen LogP contribution in [0.25, 0.3) is 0 Å². The van der Waals surface area contributed by atoms with Gasteiger partial charge in [0, 0.05) is 18.0 Å². The fourth-order valence-electron chi connectivity index (χ4n) is 6.18. The number of esters is 1. The second-order valence-corrected chi connectivity index (χ2v) is 9.43. The summed E-state index contributed by atoms with van der Waals surface area (Å²) in [5.74, 6) is -1.41. The number of aliphatic hydroxyl groups is 1. The third-order valence-electron chi connectivity index (χ3n) is 7.56. The third-order valence-corrected chi connectivity index (χ3v) is 7.56. The maximum atomic E-state index is 12.7. The molecule has 1 saturated heterocycles. The Balaban J connectivity index is 1.51. The molecule has 1 aromatic carbocycles. The van der Waals surface area contributed by atoms with E-state index >= 15 is 0 Å². The molecule has 9 heteroatoms. The molecule has 0 saturated carbocycles. The molecular weight excluding hydrogens is 430 g/mol. The molecule has 33 heavy (non-hydrogen) atoms. The van der Waals surface area contributed by atoms with Crippen molar-refractivity contribution in [3.63, 3.8) is 0 Å². The standard InChI is InChI=1S/C24H27NO8/c1-12(2)31-16(22(28)29)11-18(27)32-15-6-7-24(30)17-10-13-4-5-14(26)20-19(13)23(24,21(15)33-20)8-9-25(17)3/h4-6,16-17,21,26,30H,1,7-11H2,2-3H3,(H,28,29)/t16-,17+,21-,23-,24+/m0/s1. The summed E-state index contributed by atoms with van der Waals surface area (Å²) in [6.07, 6.45) is 0.307. The molecule has 5 rings (SSSR count). The van der Waals surface area contributed by atoms with E-state index in [9.17, 15) is 24.9 Å². The molecule has 2 aliphatic carbocycles. The van der Waals surface area contributed by atoms with Crippen LogP contribution in [0.1, 0.15) is 37.3 Å². The van der Waals surface area contributed by atoms with E-state index in [-0.39, 0.29) is 29.7 Å². The lowest BCUT2D eigenvalue weighted by atomic mass is 9.50. The largest absolute Gasteiger partial charge is 0.504 e. The Hall–Kier alpha value is -3.04. The number of allylic oxidation sites excluding steroid dienone is 1. The lowest BCUT2D eigenvalue weighted by molar-refractivity contribution is -0.171. The Morgan fingerprint density at radius 2 is 2.15 bits per heavy atom. The molecule has 176 valence electrons. The second kappa shape index (κ2) is 7.23. The van der Waals surface area contributed by atoms with Crippen molar-refractivity contribution >= 4 is 11.9 Å². The zero-order chi connectivity index (χ0) is 23.7. The van der Waals surface area contributed by atoms with Crippen molar-refractivity contribution in [2.45, 2.75) is 61.9 Å². The van der Waals surface area contributed by atoms with Gasteiger partial charge < -0.3 is 34.4 Å². The van der Waals surface area contributed by atoms with Crippen molar-refractivity contribution in [2.75, 3.05) is 13.6 Å². The average molecular weight is 457 g/mol. The van der Waals surface area contributed by atoms with Gasteiger partial charge >= 0.3 is 11.9 Å². The SMILES string of the molecule is C=C(C)O[C@@H](CC(=O)OC1=CC[C@@]2(O)[C@H]3Cc4ccc(O)c5c4[C@@]2(CCN3C)[C@H]1O5)C(=O)O. The van der Waals surface area contributed by atoms with E-state index in [1.807, 2.05) is 13.1 Å². The summed E-state index contributed by atoms with van der Waals surface area (Å²) in [6.45, 7) is 5.72. The Morgan fingerprint density at radius 1 is 1.39 bits per heavy atom. The van der Waals surface area contributed by atoms with Crippen LogP contribution in [0.3, 0.4) is 0 Å². The Bertz CT molecular complexity index is 1100. The number of ether oxygens (including phenoxy) is 3. The van der Waals surface area contributed by atoms with E-state index in [1.54, 1.807) is 12.1 Å². The molecule has 1 spiro atoms. The first kappa shape index (κ1) is 21.8. The monoisotopic (exact) mass is 457 g/mol. The van der Waals surface area contributed by atoms with Gasteiger partial charge in [0.25, 0.3) is 0 Å². The van der Waals surface area contributed by atoms with Crippen LogP contribution in [-0.2, 0) is 30.9 Å². The molecule has 5 atom stereocenters. The number of aromatic hydroxyl groups is 1.